The fraction of sp³-hybridized carbons (Fsp3) is 0.923. The minimum Gasteiger partial charge on any atom is -0.463 e. The number of ether oxygens (including phenoxy) is 3. The van der Waals surface area contributed by atoms with E-state index in [4.69, 9.17) is 14.2 Å². The van der Waals surface area contributed by atoms with Gasteiger partial charge in [-0.3, -0.25) is 4.79 Å². The number of esters is 1. The summed E-state index contributed by atoms with van der Waals surface area (Å²) in [5, 5.41) is 1.07. The van der Waals surface area contributed by atoms with Crippen LogP contribution in [0.3, 0.4) is 0 Å². The standard InChI is InChI=1S/C13H25BrO4/c1-16-9-10-17-11-12-18-13(15)7-5-3-2-4-6-8-14/h2-12H2,1H3. The largest absolute Gasteiger partial charge is 0.463 e. The number of alkyl halides is 1. The molecule has 0 aromatic rings. The van der Waals surface area contributed by atoms with Crippen LogP contribution >= 0.6 is 15.9 Å². The van der Waals surface area contributed by atoms with Crippen molar-refractivity contribution in [1.29, 1.82) is 0 Å². The van der Waals surface area contributed by atoms with Crippen LogP contribution in [0.1, 0.15) is 38.5 Å². The molecule has 0 aliphatic carbocycles. The van der Waals surface area contributed by atoms with Crippen LogP contribution in [-0.2, 0) is 19.0 Å². The Morgan fingerprint density at radius 3 is 2.33 bits per heavy atom. The van der Waals surface area contributed by atoms with Crippen LogP contribution in [0.4, 0.5) is 0 Å². The summed E-state index contributed by atoms with van der Waals surface area (Å²) in [6.45, 7) is 1.90. The third-order valence-corrected chi connectivity index (χ3v) is 3.00. The van der Waals surface area contributed by atoms with Gasteiger partial charge in [0.05, 0.1) is 19.8 Å². The van der Waals surface area contributed by atoms with Crippen molar-refractivity contribution >= 4 is 21.9 Å². The van der Waals surface area contributed by atoms with E-state index in [2.05, 4.69) is 15.9 Å². The van der Waals surface area contributed by atoms with Gasteiger partial charge >= 0.3 is 5.97 Å². The van der Waals surface area contributed by atoms with Crippen LogP contribution in [0.5, 0.6) is 0 Å². The third-order valence-electron chi connectivity index (χ3n) is 2.44. The van der Waals surface area contributed by atoms with E-state index in [1.807, 2.05) is 0 Å². The molecule has 0 aliphatic rings. The zero-order chi connectivity index (χ0) is 13.5. The van der Waals surface area contributed by atoms with Crippen LogP contribution in [0.2, 0.25) is 0 Å². The molecule has 0 aliphatic heterocycles. The van der Waals surface area contributed by atoms with Crippen LogP contribution in [-0.4, -0.2) is 44.8 Å². The quantitative estimate of drug-likeness (QED) is 0.297. The number of rotatable bonds is 13. The van der Waals surface area contributed by atoms with Gasteiger partial charge in [0.25, 0.3) is 0 Å². The molecule has 0 atom stereocenters. The van der Waals surface area contributed by atoms with E-state index in [-0.39, 0.29) is 5.97 Å². The van der Waals surface area contributed by atoms with Crippen molar-refractivity contribution in [2.75, 3.05) is 38.9 Å². The Kier molecular flexibility index (Phi) is 14.8. The average Bonchev–Trinajstić information content (AvgIpc) is 2.38. The van der Waals surface area contributed by atoms with Crippen molar-refractivity contribution in [3.05, 3.63) is 0 Å². The normalized spacial score (nSPS) is 10.6. The van der Waals surface area contributed by atoms with E-state index in [1.165, 1.54) is 19.3 Å². The van der Waals surface area contributed by atoms with Crippen LogP contribution in [0.15, 0.2) is 0 Å². The summed E-state index contributed by atoms with van der Waals surface area (Å²) >= 11 is 3.40. The van der Waals surface area contributed by atoms with Crippen molar-refractivity contribution in [3.8, 4) is 0 Å². The molecule has 4 nitrogen and oxygen atoms in total. The smallest absolute Gasteiger partial charge is 0.305 e. The summed E-state index contributed by atoms with van der Waals surface area (Å²) in [5.74, 6) is -0.120. The molecule has 0 spiro atoms. The Balaban J connectivity index is 3.12. The zero-order valence-corrected chi connectivity index (χ0v) is 12.9. The summed E-state index contributed by atoms with van der Waals surface area (Å²) in [6.07, 6.45) is 6.18. The van der Waals surface area contributed by atoms with E-state index in [1.54, 1.807) is 7.11 Å². The van der Waals surface area contributed by atoms with Gasteiger partial charge in [-0.25, -0.2) is 0 Å². The minimum atomic E-state index is -0.120. The third kappa shape index (κ3) is 13.9. The summed E-state index contributed by atoms with van der Waals surface area (Å²) < 4.78 is 15.1. The monoisotopic (exact) mass is 324 g/mol. The van der Waals surface area contributed by atoms with Gasteiger partial charge in [-0.05, 0) is 12.8 Å². The van der Waals surface area contributed by atoms with Gasteiger partial charge in [0, 0.05) is 18.9 Å². The predicted octanol–water partition coefficient (Wildman–Crippen LogP) is 2.93. The Morgan fingerprint density at radius 1 is 0.944 bits per heavy atom. The first-order valence-corrected chi connectivity index (χ1v) is 7.71. The molecule has 18 heavy (non-hydrogen) atoms. The van der Waals surface area contributed by atoms with Crippen molar-refractivity contribution < 1.29 is 19.0 Å². The molecule has 0 unspecified atom stereocenters. The van der Waals surface area contributed by atoms with Gasteiger partial charge in [0.2, 0.25) is 0 Å². The first kappa shape index (κ1) is 17.9. The lowest BCUT2D eigenvalue weighted by molar-refractivity contribution is -0.145. The molecule has 0 bridgehead atoms. The highest BCUT2D eigenvalue weighted by Gasteiger charge is 2.02. The molecule has 0 saturated carbocycles. The number of hydrogen-bond donors (Lipinski definition) is 0. The molecule has 0 aromatic heterocycles. The number of carbonyl (C=O) groups is 1. The molecular weight excluding hydrogens is 300 g/mol. The van der Waals surface area contributed by atoms with E-state index in [9.17, 15) is 4.79 Å². The van der Waals surface area contributed by atoms with Crippen molar-refractivity contribution in [2.24, 2.45) is 0 Å². The fourth-order valence-corrected chi connectivity index (χ4v) is 1.82. The summed E-state index contributed by atoms with van der Waals surface area (Å²) in [6, 6.07) is 0. The lowest BCUT2D eigenvalue weighted by Gasteiger charge is -2.05. The van der Waals surface area contributed by atoms with Gasteiger partial charge in [-0.2, -0.15) is 0 Å². The second-order valence-electron chi connectivity index (χ2n) is 4.03. The summed E-state index contributed by atoms with van der Waals surface area (Å²) in [7, 11) is 1.63. The first-order chi connectivity index (χ1) is 8.81. The van der Waals surface area contributed by atoms with Crippen LogP contribution in [0.25, 0.3) is 0 Å². The van der Waals surface area contributed by atoms with Crippen LogP contribution in [0, 0.1) is 0 Å². The number of unbranched alkanes of at least 4 members (excludes halogenated alkanes) is 4. The molecule has 0 saturated heterocycles. The van der Waals surface area contributed by atoms with E-state index in [0.717, 1.165) is 18.2 Å². The highest BCUT2D eigenvalue weighted by molar-refractivity contribution is 9.09. The minimum absolute atomic E-state index is 0.120. The van der Waals surface area contributed by atoms with E-state index in [0.29, 0.717) is 32.8 Å². The molecule has 5 heteroatoms. The second-order valence-corrected chi connectivity index (χ2v) is 4.83. The number of hydrogen-bond acceptors (Lipinski definition) is 4. The predicted molar refractivity (Wildman–Crippen MR) is 75.2 cm³/mol. The molecule has 0 rings (SSSR count). The maximum absolute atomic E-state index is 11.3. The number of halogens is 1. The maximum atomic E-state index is 11.3. The van der Waals surface area contributed by atoms with Crippen molar-refractivity contribution in [3.63, 3.8) is 0 Å². The van der Waals surface area contributed by atoms with Crippen molar-refractivity contribution in [1.82, 2.24) is 0 Å². The number of carbonyl (C=O) groups excluding carboxylic acids is 1. The molecular formula is C13H25BrO4. The van der Waals surface area contributed by atoms with Gasteiger partial charge in [0.15, 0.2) is 0 Å². The molecule has 0 amide bonds. The van der Waals surface area contributed by atoms with Crippen LogP contribution < -0.4 is 0 Å². The molecule has 108 valence electrons. The van der Waals surface area contributed by atoms with Gasteiger partial charge in [-0.15, -0.1) is 0 Å². The highest BCUT2D eigenvalue weighted by Crippen LogP contribution is 2.07. The number of methoxy groups -OCH3 is 1. The average molecular weight is 325 g/mol. The molecule has 0 radical (unpaired) electrons. The first-order valence-electron chi connectivity index (χ1n) is 6.59. The van der Waals surface area contributed by atoms with Gasteiger partial charge in [0.1, 0.15) is 6.61 Å². The van der Waals surface area contributed by atoms with Gasteiger partial charge in [-0.1, -0.05) is 35.2 Å². The molecule has 0 N–H and O–H groups in total. The fourth-order valence-electron chi connectivity index (χ4n) is 1.43. The SMILES string of the molecule is COCCOCCOC(=O)CCCCCCCBr. The van der Waals surface area contributed by atoms with E-state index >= 15 is 0 Å². The Bertz CT molecular complexity index is 170. The zero-order valence-electron chi connectivity index (χ0n) is 11.3. The molecule has 0 aromatic carbocycles. The lowest BCUT2D eigenvalue weighted by Crippen LogP contribution is -2.12. The molecule has 0 fully saturated rings. The lowest BCUT2D eigenvalue weighted by atomic mass is 10.1. The summed E-state index contributed by atoms with van der Waals surface area (Å²) in [4.78, 5) is 11.3. The van der Waals surface area contributed by atoms with E-state index < -0.39 is 0 Å². The maximum Gasteiger partial charge on any atom is 0.305 e. The Morgan fingerprint density at radius 2 is 1.61 bits per heavy atom. The van der Waals surface area contributed by atoms with Crippen molar-refractivity contribution in [2.45, 2.75) is 38.5 Å². The topological polar surface area (TPSA) is 44.8 Å². The Hall–Kier alpha value is -0.130. The second kappa shape index (κ2) is 14.9. The summed E-state index contributed by atoms with van der Waals surface area (Å²) in [5.41, 5.74) is 0. The van der Waals surface area contributed by atoms with Gasteiger partial charge < -0.3 is 14.2 Å². The highest BCUT2D eigenvalue weighted by atomic mass is 79.9. The molecule has 0 heterocycles. The Labute approximate surface area is 118 Å².